The van der Waals surface area contributed by atoms with Gasteiger partial charge < -0.3 is 0 Å². The highest BCUT2D eigenvalue weighted by atomic mass is 14.0. The molecule has 2 rings (SSSR count). The molecule has 0 atom stereocenters. The summed E-state index contributed by atoms with van der Waals surface area (Å²) in [6.07, 6.45) is 0. The van der Waals surface area contributed by atoms with E-state index in [1.165, 1.54) is 33.2 Å². The predicted octanol–water partition coefficient (Wildman–Crippen LogP) is 2.58. The smallest absolute Gasteiger partial charge is 0.0757 e. The first-order valence-electron chi connectivity index (χ1n) is 6.07. The molecule has 0 spiro atoms. The van der Waals surface area contributed by atoms with Crippen molar-refractivity contribution >= 4 is 18.2 Å². The van der Waals surface area contributed by atoms with Gasteiger partial charge in [0.25, 0.3) is 0 Å². The monoisotopic (exact) mass is 221 g/mol. The van der Waals surface area contributed by atoms with Crippen LogP contribution in [-0.4, -0.2) is 7.28 Å². The van der Waals surface area contributed by atoms with Crippen LogP contribution in [0.4, 0.5) is 0 Å². The maximum absolute atomic E-state index is 2.31. The molecule has 0 amide bonds. The first-order chi connectivity index (χ1) is 8.09. The predicted molar refractivity (Wildman–Crippen MR) is 76.9 cm³/mol. The molecule has 1 heteroatoms. The van der Waals surface area contributed by atoms with E-state index < -0.39 is 0 Å². The Bertz CT molecular complexity index is 451. The van der Waals surface area contributed by atoms with Crippen molar-refractivity contribution < 1.29 is 0 Å². The van der Waals surface area contributed by atoms with Gasteiger partial charge in [-0.1, -0.05) is 69.6 Å². The fourth-order valence-electron chi connectivity index (χ4n) is 2.25. The molecule has 0 unspecified atom stereocenters. The lowest BCUT2D eigenvalue weighted by Gasteiger charge is -2.13. The van der Waals surface area contributed by atoms with Gasteiger partial charge in [0, 0.05) is 0 Å². The Morgan fingerprint density at radius 2 is 0.882 bits per heavy atom. The van der Waals surface area contributed by atoms with Gasteiger partial charge in [0.1, 0.15) is 0 Å². The second kappa shape index (κ2) is 4.79. The maximum Gasteiger partial charge on any atom is 0.192 e. The summed E-state index contributed by atoms with van der Waals surface area (Å²) < 4.78 is 0. The third kappa shape index (κ3) is 2.44. The molecule has 0 saturated carbocycles. The van der Waals surface area contributed by atoms with Crippen LogP contribution < -0.4 is 10.9 Å². The van der Waals surface area contributed by atoms with Crippen LogP contribution in [0.3, 0.4) is 0 Å². The van der Waals surface area contributed by atoms with E-state index in [2.05, 4.69) is 71.4 Å². The Balaban J connectivity index is 2.45. The Morgan fingerprint density at radius 1 is 0.588 bits per heavy atom. The van der Waals surface area contributed by atoms with E-state index in [4.69, 9.17) is 0 Å². The summed E-state index contributed by atoms with van der Waals surface area (Å²) in [5.74, 6) is 0. The second-order valence-corrected chi connectivity index (χ2v) is 4.76. The third-order valence-electron chi connectivity index (χ3n) is 3.37. The van der Waals surface area contributed by atoms with Crippen LogP contribution >= 0.6 is 0 Å². The van der Waals surface area contributed by atoms with Crippen molar-refractivity contribution in [2.75, 3.05) is 0 Å². The summed E-state index contributed by atoms with van der Waals surface area (Å²) in [6, 6.07) is 12.9. The van der Waals surface area contributed by atoms with Crippen LogP contribution in [0.1, 0.15) is 22.3 Å². The van der Waals surface area contributed by atoms with Crippen LogP contribution in [0, 0.1) is 27.7 Å². The average Bonchev–Trinajstić information content (AvgIpc) is 2.27. The summed E-state index contributed by atoms with van der Waals surface area (Å²) in [7, 11) is 2.31. The van der Waals surface area contributed by atoms with Gasteiger partial charge in [0.2, 0.25) is 0 Å². The minimum Gasteiger partial charge on any atom is -0.0757 e. The third-order valence-corrected chi connectivity index (χ3v) is 3.37. The summed E-state index contributed by atoms with van der Waals surface area (Å²) in [5.41, 5.74) is 8.07. The fourth-order valence-corrected chi connectivity index (χ4v) is 2.25. The summed E-state index contributed by atoms with van der Waals surface area (Å²) in [6.45, 7) is 8.69. The van der Waals surface area contributed by atoms with Crippen molar-refractivity contribution in [1.29, 1.82) is 0 Å². The molecule has 1 radical (unpaired) electrons. The van der Waals surface area contributed by atoms with E-state index in [-0.39, 0.29) is 0 Å². The Hall–Kier alpha value is -1.50. The molecule has 0 bridgehead atoms. The number of hydrogen-bond acceptors (Lipinski definition) is 0. The summed E-state index contributed by atoms with van der Waals surface area (Å²) >= 11 is 0. The van der Waals surface area contributed by atoms with Gasteiger partial charge in [-0.25, -0.2) is 0 Å². The Morgan fingerprint density at radius 3 is 1.18 bits per heavy atom. The SMILES string of the molecule is Cc1cccc(C)c1[B]c1c(C)cccc1C. The van der Waals surface area contributed by atoms with E-state index in [9.17, 15) is 0 Å². The molecule has 0 aromatic heterocycles. The van der Waals surface area contributed by atoms with Gasteiger partial charge in [-0.3, -0.25) is 0 Å². The van der Waals surface area contributed by atoms with Crippen LogP contribution in [0.2, 0.25) is 0 Å². The van der Waals surface area contributed by atoms with Crippen LogP contribution in [-0.2, 0) is 0 Å². The lowest BCUT2D eigenvalue weighted by molar-refractivity contribution is 1.41. The highest BCUT2D eigenvalue weighted by Crippen LogP contribution is 2.03. The molecule has 2 aromatic rings. The van der Waals surface area contributed by atoms with Gasteiger partial charge in [0.05, 0.1) is 0 Å². The Labute approximate surface area is 105 Å². The van der Waals surface area contributed by atoms with Crippen molar-refractivity contribution in [3.05, 3.63) is 58.7 Å². The molecule has 0 fully saturated rings. The number of rotatable bonds is 2. The Kier molecular flexibility index (Phi) is 3.37. The molecule has 0 aliphatic carbocycles. The van der Waals surface area contributed by atoms with Gasteiger partial charge in [-0.15, -0.1) is 0 Å². The molecule has 0 aliphatic heterocycles. The van der Waals surface area contributed by atoms with Crippen molar-refractivity contribution in [3.8, 4) is 0 Å². The number of aryl methyl sites for hydroxylation is 4. The molecule has 0 aliphatic rings. The fraction of sp³-hybridized carbons (Fsp3) is 0.250. The topological polar surface area (TPSA) is 0 Å². The van der Waals surface area contributed by atoms with Crippen molar-refractivity contribution in [2.45, 2.75) is 27.7 Å². The van der Waals surface area contributed by atoms with Crippen molar-refractivity contribution in [2.24, 2.45) is 0 Å². The van der Waals surface area contributed by atoms with Crippen molar-refractivity contribution in [1.82, 2.24) is 0 Å². The number of hydrogen-bond donors (Lipinski definition) is 0. The number of benzene rings is 2. The lowest BCUT2D eigenvalue weighted by Crippen LogP contribution is -2.34. The van der Waals surface area contributed by atoms with E-state index >= 15 is 0 Å². The van der Waals surface area contributed by atoms with Crippen LogP contribution in [0.15, 0.2) is 36.4 Å². The van der Waals surface area contributed by atoms with E-state index in [0.717, 1.165) is 0 Å². The van der Waals surface area contributed by atoms with E-state index in [0.29, 0.717) is 0 Å². The average molecular weight is 221 g/mol. The normalized spacial score (nSPS) is 10.4. The molecule has 0 nitrogen and oxygen atoms in total. The molecule has 85 valence electrons. The molecule has 2 aromatic carbocycles. The minimum absolute atomic E-state index is 1.34. The van der Waals surface area contributed by atoms with Gasteiger partial charge in [-0.2, -0.15) is 0 Å². The summed E-state index contributed by atoms with van der Waals surface area (Å²) in [4.78, 5) is 0. The zero-order chi connectivity index (χ0) is 12.4. The molecule has 17 heavy (non-hydrogen) atoms. The molecular weight excluding hydrogens is 203 g/mol. The molecular formula is C16H18B. The van der Waals surface area contributed by atoms with E-state index in [1.807, 2.05) is 0 Å². The lowest BCUT2D eigenvalue weighted by atomic mass is 9.58. The zero-order valence-corrected chi connectivity index (χ0v) is 11.0. The highest BCUT2D eigenvalue weighted by Gasteiger charge is 2.09. The standard InChI is InChI=1S/C16H18B/c1-11-7-5-8-12(2)15(11)17-16-13(3)9-6-10-14(16)4/h5-10H,1-4H3. The van der Waals surface area contributed by atoms with Gasteiger partial charge in [0.15, 0.2) is 7.28 Å². The summed E-state index contributed by atoms with van der Waals surface area (Å²) in [5, 5.41) is 0. The second-order valence-electron chi connectivity index (χ2n) is 4.76. The molecule has 0 saturated heterocycles. The molecule has 0 heterocycles. The first kappa shape index (κ1) is 12.0. The first-order valence-corrected chi connectivity index (χ1v) is 6.07. The van der Waals surface area contributed by atoms with Crippen LogP contribution in [0.5, 0.6) is 0 Å². The van der Waals surface area contributed by atoms with Crippen LogP contribution in [0.25, 0.3) is 0 Å². The highest BCUT2D eigenvalue weighted by molar-refractivity contribution is 6.69. The van der Waals surface area contributed by atoms with Gasteiger partial charge >= 0.3 is 0 Å². The van der Waals surface area contributed by atoms with E-state index in [1.54, 1.807) is 0 Å². The molecule has 0 N–H and O–H groups in total. The zero-order valence-electron chi connectivity index (χ0n) is 11.0. The van der Waals surface area contributed by atoms with Crippen molar-refractivity contribution in [3.63, 3.8) is 0 Å². The maximum atomic E-state index is 2.31. The van der Waals surface area contributed by atoms with Gasteiger partial charge in [-0.05, 0) is 27.7 Å². The largest absolute Gasteiger partial charge is 0.192 e. The quantitative estimate of drug-likeness (QED) is 0.683. The minimum atomic E-state index is 1.34.